The number of hydrogen-bond donors (Lipinski definition) is 0. The molecule has 0 aliphatic heterocycles. The van der Waals surface area contributed by atoms with Crippen LogP contribution < -0.4 is 4.74 Å². The first-order valence-corrected chi connectivity index (χ1v) is 5.00. The molecule has 0 amide bonds. The molecule has 1 heterocycles. The molecule has 1 aromatic heterocycles. The Kier molecular flexibility index (Phi) is 6.58. The van der Waals surface area contributed by atoms with Crippen molar-refractivity contribution < 1.29 is 13.5 Å². The minimum atomic E-state index is -2.81. The van der Waals surface area contributed by atoms with Gasteiger partial charge in [0, 0.05) is 12.3 Å². The van der Waals surface area contributed by atoms with Crippen molar-refractivity contribution in [3.63, 3.8) is 0 Å². The number of alkyl halides is 2. The second-order valence-electron chi connectivity index (χ2n) is 2.96. The van der Waals surface area contributed by atoms with Crippen molar-refractivity contribution in [2.45, 2.75) is 40.2 Å². The number of rotatable bonds is 3. The first kappa shape index (κ1) is 13.8. The molecule has 0 aliphatic carbocycles. The maximum absolute atomic E-state index is 11.8. The molecule has 0 unspecified atom stereocenters. The minimum absolute atomic E-state index is 0.0267. The lowest BCUT2D eigenvalue weighted by Crippen LogP contribution is -2.04. The Hall–Kier alpha value is -1.19. The van der Waals surface area contributed by atoms with E-state index in [4.69, 9.17) is 0 Å². The molecule has 1 rings (SSSR count). The zero-order valence-corrected chi connectivity index (χ0v) is 9.50. The highest BCUT2D eigenvalue weighted by Crippen LogP contribution is 2.18. The first-order valence-electron chi connectivity index (χ1n) is 5.00. The third kappa shape index (κ3) is 5.30. The van der Waals surface area contributed by atoms with Gasteiger partial charge in [0.2, 0.25) is 5.88 Å². The van der Waals surface area contributed by atoms with Gasteiger partial charge in [0.15, 0.2) is 0 Å². The maximum atomic E-state index is 11.8. The third-order valence-electron chi connectivity index (χ3n) is 1.64. The Bertz CT molecular complexity index is 277. The fourth-order valence-electron chi connectivity index (χ4n) is 0.940. The largest absolute Gasteiger partial charge is 0.417 e. The molecule has 0 radical (unpaired) electrons. The van der Waals surface area contributed by atoms with Crippen LogP contribution in [-0.4, -0.2) is 11.6 Å². The summed E-state index contributed by atoms with van der Waals surface area (Å²) in [5, 5.41) is 0. The van der Waals surface area contributed by atoms with Crippen LogP contribution in [0.25, 0.3) is 0 Å². The predicted molar refractivity (Wildman–Crippen MR) is 56.3 cm³/mol. The van der Waals surface area contributed by atoms with E-state index in [2.05, 4.69) is 9.72 Å². The highest BCUT2D eigenvalue weighted by molar-refractivity contribution is 5.22. The molecule has 0 saturated heterocycles. The summed E-state index contributed by atoms with van der Waals surface area (Å²) in [5.74, 6) is 0.254. The molecule has 0 aliphatic rings. The van der Waals surface area contributed by atoms with Crippen LogP contribution in [-0.2, 0) is 0 Å². The molecule has 0 N–H and O–H groups in total. The van der Waals surface area contributed by atoms with Crippen molar-refractivity contribution in [2.75, 3.05) is 0 Å². The normalized spacial score (nSPS) is 9.87. The van der Waals surface area contributed by atoms with E-state index in [-0.39, 0.29) is 11.8 Å². The van der Waals surface area contributed by atoms with Gasteiger partial charge >= 0.3 is 6.61 Å². The van der Waals surface area contributed by atoms with Crippen LogP contribution in [0.15, 0.2) is 18.3 Å². The molecule has 1 aromatic rings. The summed E-state index contributed by atoms with van der Waals surface area (Å²) >= 11 is 0. The van der Waals surface area contributed by atoms with Crippen LogP contribution in [0.5, 0.6) is 5.88 Å². The zero-order chi connectivity index (χ0) is 11.8. The summed E-state index contributed by atoms with van der Waals surface area (Å²) in [6.07, 6.45) is 1.47. The van der Waals surface area contributed by atoms with Crippen molar-refractivity contribution in [3.05, 3.63) is 23.9 Å². The third-order valence-corrected chi connectivity index (χ3v) is 1.64. The van der Waals surface area contributed by atoms with Crippen molar-refractivity contribution in [1.29, 1.82) is 0 Å². The van der Waals surface area contributed by atoms with Crippen LogP contribution in [0.1, 0.15) is 39.2 Å². The second-order valence-corrected chi connectivity index (χ2v) is 2.96. The van der Waals surface area contributed by atoms with Crippen LogP contribution in [0.4, 0.5) is 8.78 Å². The molecule has 0 saturated carbocycles. The van der Waals surface area contributed by atoms with E-state index in [0.717, 1.165) is 5.56 Å². The van der Waals surface area contributed by atoms with E-state index in [1.54, 1.807) is 6.07 Å². The lowest BCUT2D eigenvalue weighted by molar-refractivity contribution is -0.0529. The van der Waals surface area contributed by atoms with Gasteiger partial charge in [-0.1, -0.05) is 27.7 Å². The summed E-state index contributed by atoms with van der Waals surface area (Å²) in [6, 6.07) is 3.31. The van der Waals surface area contributed by atoms with E-state index in [1.807, 2.05) is 27.7 Å². The molecule has 86 valence electrons. The fourth-order valence-corrected chi connectivity index (χ4v) is 0.940. The number of aromatic nitrogens is 1. The van der Waals surface area contributed by atoms with E-state index in [0.29, 0.717) is 0 Å². The number of nitrogens with zero attached hydrogens (tertiary/aromatic N) is 1. The molecule has 0 bridgehead atoms. The fraction of sp³-hybridized carbons (Fsp3) is 0.545. The summed E-state index contributed by atoms with van der Waals surface area (Å²) in [4.78, 5) is 3.66. The van der Waals surface area contributed by atoms with E-state index >= 15 is 0 Å². The van der Waals surface area contributed by atoms with Gasteiger partial charge in [-0.3, -0.25) is 0 Å². The van der Waals surface area contributed by atoms with E-state index in [9.17, 15) is 8.78 Å². The van der Waals surface area contributed by atoms with Crippen LogP contribution >= 0.6 is 0 Å². The predicted octanol–water partition coefficient (Wildman–Crippen LogP) is 3.83. The Morgan fingerprint density at radius 2 is 1.87 bits per heavy atom. The van der Waals surface area contributed by atoms with Gasteiger partial charge in [0.05, 0.1) is 0 Å². The quantitative estimate of drug-likeness (QED) is 0.767. The Morgan fingerprint density at radius 1 is 1.27 bits per heavy atom. The Balaban J connectivity index is 0.000000921. The topological polar surface area (TPSA) is 22.1 Å². The monoisotopic (exact) mass is 217 g/mol. The minimum Gasteiger partial charge on any atom is -0.417 e. The first-order chi connectivity index (χ1) is 7.09. The second kappa shape index (κ2) is 7.15. The Morgan fingerprint density at radius 3 is 2.33 bits per heavy atom. The van der Waals surface area contributed by atoms with Gasteiger partial charge in [-0.05, 0) is 17.5 Å². The lowest BCUT2D eigenvalue weighted by Gasteiger charge is -2.07. The van der Waals surface area contributed by atoms with Crippen molar-refractivity contribution in [2.24, 2.45) is 0 Å². The zero-order valence-electron chi connectivity index (χ0n) is 9.50. The van der Waals surface area contributed by atoms with Crippen LogP contribution in [0.2, 0.25) is 0 Å². The smallest absolute Gasteiger partial charge is 0.388 e. The average molecular weight is 217 g/mol. The van der Waals surface area contributed by atoms with Crippen LogP contribution in [0, 0.1) is 0 Å². The highest BCUT2D eigenvalue weighted by atomic mass is 19.3. The number of halogens is 2. The molecule has 0 spiro atoms. The summed E-state index contributed by atoms with van der Waals surface area (Å²) in [7, 11) is 0. The van der Waals surface area contributed by atoms with Gasteiger partial charge in [0.25, 0.3) is 0 Å². The number of hydrogen-bond acceptors (Lipinski definition) is 2. The van der Waals surface area contributed by atoms with E-state index in [1.165, 1.54) is 12.3 Å². The lowest BCUT2D eigenvalue weighted by atomic mass is 10.1. The molecule has 15 heavy (non-hydrogen) atoms. The van der Waals surface area contributed by atoms with Crippen LogP contribution in [0.3, 0.4) is 0 Å². The highest BCUT2D eigenvalue weighted by Gasteiger charge is 2.06. The average Bonchev–Trinajstić information content (AvgIpc) is 2.20. The molecule has 4 heteroatoms. The number of ether oxygens (including phenoxy) is 1. The SMILES string of the molecule is CC.CC(C)c1ccnc(OC(F)F)c1. The standard InChI is InChI=1S/C9H11F2NO.C2H6/c1-6(2)7-3-4-12-8(5-7)13-9(10)11;1-2/h3-6,9H,1-2H3;1-2H3. The van der Waals surface area contributed by atoms with Crippen molar-refractivity contribution in [3.8, 4) is 5.88 Å². The van der Waals surface area contributed by atoms with Gasteiger partial charge in [-0.25, -0.2) is 4.98 Å². The van der Waals surface area contributed by atoms with Gasteiger partial charge in [-0.2, -0.15) is 8.78 Å². The summed E-state index contributed by atoms with van der Waals surface area (Å²) in [6.45, 7) is 5.14. The molecule has 0 atom stereocenters. The van der Waals surface area contributed by atoms with Gasteiger partial charge in [0.1, 0.15) is 0 Å². The van der Waals surface area contributed by atoms with Gasteiger partial charge < -0.3 is 4.74 Å². The summed E-state index contributed by atoms with van der Waals surface area (Å²) < 4.78 is 27.7. The molecular weight excluding hydrogens is 200 g/mol. The van der Waals surface area contributed by atoms with Gasteiger partial charge in [-0.15, -0.1) is 0 Å². The van der Waals surface area contributed by atoms with E-state index < -0.39 is 6.61 Å². The van der Waals surface area contributed by atoms with Crippen molar-refractivity contribution in [1.82, 2.24) is 4.98 Å². The number of pyridine rings is 1. The molecule has 2 nitrogen and oxygen atoms in total. The molecular formula is C11H17F2NO. The van der Waals surface area contributed by atoms with Crippen molar-refractivity contribution >= 4 is 0 Å². The Labute approximate surface area is 89.3 Å². The maximum Gasteiger partial charge on any atom is 0.388 e. The summed E-state index contributed by atoms with van der Waals surface area (Å²) in [5.41, 5.74) is 0.936. The molecule has 0 fully saturated rings. The molecule has 0 aromatic carbocycles.